The van der Waals surface area contributed by atoms with E-state index in [1.807, 2.05) is 0 Å². The molecule has 1 aliphatic rings. The van der Waals surface area contributed by atoms with Crippen molar-refractivity contribution < 1.29 is 0 Å². The highest BCUT2D eigenvalue weighted by atomic mass is 15.1. The number of fused-ring (bicyclic) bond motifs is 1. The minimum absolute atomic E-state index is 0.607. The van der Waals surface area contributed by atoms with E-state index in [1.165, 1.54) is 29.8 Å². The molecule has 1 N–H and O–H groups in total. The molecule has 2 heteroatoms. The second-order valence-electron chi connectivity index (χ2n) is 7.12. The molecule has 1 atom stereocenters. The van der Waals surface area contributed by atoms with E-state index in [1.54, 1.807) is 0 Å². The summed E-state index contributed by atoms with van der Waals surface area (Å²) in [6.45, 7) is 13.7. The van der Waals surface area contributed by atoms with E-state index in [2.05, 4.69) is 63.0 Å². The zero-order valence-corrected chi connectivity index (χ0v) is 13.7. The second-order valence-corrected chi connectivity index (χ2v) is 7.12. The molecule has 0 saturated heterocycles. The molecule has 0 radical (unpaired) electrons. The molecule has 0 spiro atoms. The van der Waals surface area contributed by atoms with Crippen LogP contribution in [0.4, 0.5) is 11.4 Å². The third-order valence-electron chi connectivity index (χ3n) is 3.87. The maximum Gasteiger partial charge on any atom is 0.0376 e. The maximum atomic E-state index is 3.59. The van der Waals surface area contributed by atoms with Crippen LogP contribution in [0.25, 0.3) is 0 Å². The Kier molecular flexibility index (Phi) is 4.95. The number of benzene rings is 1. The second kappa shape index (κ2) is 6.51. The number of hydrogen-bond donors (Lipinski definition) is 1. The van der Waals surface area contributed by atoms with Gasteiger partial charge >= 0.3 is 0 Å². The topological polar surface area (TPSA) is 15.3 Å². The predicted octanol–water partition coefficient (Wildman–Crippen LogP) is 4.55. The van der Waals surface area contributed by atoms with Crippen molar-refractivity contribution in [3.05, 3.63) is 23.8 Å². The normalized spacial score (nSPS) is 18.1. The van der Waals surface area contributed by atoms with Crippen LogP contribution in [0.3, 0.4) is 0 Å². The number of nitrogens with zero attached hydrogens (tertiary/aromatic N) is 1. The molecule has 1 heterocycles. The van der Waals surface area contributed by atoms with Gasteiger partial charge in [0.2, 0.25) is 0 Å². The van der Waals surface area contributed by atoms with E-state index < -0.39 is 0 Å². The van der Waals surface area contributed by atoms with Gasteiger partial charge in [0.25, 0.3) is 0 Å². The lowest BCUT2D eigenvalue weighted by atomic mass is 9.98. The van der Waals surface area contributed by atoms with Crippen LogP contribution in [0.15, 0.2) is 18.2 Å². The van der Waals surface area contributed by atoms with Crippen LogP contribution in [0.2, 0.25) is 0 Å². The lowest BCUT2D eigenvalue weighted by Crippen LogP contribution is -2.31. The summed E-state index contributed by atoms with van der Waals surface area (Å²) in [6, 6.07) is 7.57. The summed E-state index contributed by atoms with van der Waals surface area (Å²) in [5, 5.41) is 3.59. The van der Waals surface area contributed by atoms with Gasteiger partial charge in [-0.3, -0.25) is 0 Å². The zero-order chi connectivity index (χ0) is 14.7. The Morgan fingerprint density at radius 1 is 1.15 bits per heavy atom. The van der Waals surface area contributed by atoms with Crippen molar-refractivity contribution in [1.82, 2.24) is 0 Å². The van der Waals surface area contributed by atoms with Crippen LogP contribution in [0.1, 0.15) is 46.6 Å². The van der Waals surface area contributed by atoms with E-state index in [0.29, 0.717) is 17.9 Å². The minimum Gasteiger partial charge on any atom is -0.382 e. The molecule has 0 fully saturated rings. The highest BCUT2D eigenvalue weighted by Gasteiger charge is 2.17. The van der Waals surface area contributed by atoms with Gasteiger partial charge in [0.15, 0.2) is 0 Å². The molecule has 0 aliphatic carbocycles. The monoisotopic (exact) mass is 274 g/mol. The Balaban J connectivity index is 2.20. The number of aryl methyl sites for hydroxylation is 1. The Bertz CT molecular complexity index is 427. The van der Waals surface area contributed by atoms with Gasteiger partial charge in [-0.1, -0.05) is 27.7 Å². The molecule has 112 valence electrons. The molecule has 0 aromatic heterocycles. The van der Waals surface area contributed by atoms with E-state index in [9.17, 15) is 0 Å². The molecule has 2 rings (SSSR count). The molecular formula is C18H30N2. The highest BCUT2D eigenvalue weighted by molar-refractivity contribution is 5.62. The van der Waals surface area contributed by atoms with Crippen LogP contribution >= 0.6 is 0 Å². The first-order valence-corrected chi connectivity index (χ1v) is 8.10. The summed E-state index contributed by atoms with van der Waals surface area (Å²) >= 11 is 0. The number of hydrogen-bond acceptors (Lipinski definition) is 2. The largest absolute Gasteiger partial charge is 0.382 e. The average Bonchev–Trinajstić information content (AvgIpc) is 2.36. The molecule has 0 bridgehead atoms. The van der Waals surface area contributed by atoms with Crippen LogP contribution in [-0.2, 0) is 6.42 Å². The quantitative estimate of drug-likeness (QED) is 0.847. The Morgan fingerprint density at radius 3 is 2.40 bits per heavy atom. The molecule has 1 aliphatic heterocycles. The summed E-state index contributed by atoms with van der Waals surface area (Å²) in [4.78, 5) is 2.55. The summed E-state index contributed by atoms with van der Waals surface area (Å²) in [7, 11) is 0. The SMILES string of the molecule is CC(C)CN(CC(C)C)c1ccc2c(c1)CCC(C)N2. The summed E-state index contributed by atoms with van der Waals surface area (Å²) in [6.07, 6.45) is 2.44. The van der Waals surface area contributed by atoms with Gasteiger partial charge in [0, 0.05) is 30.5 Å². The lowest BCUT2D eigenvalue weighted by molar-refractivity contribution is 0.552. The van der Waals surface area contributed by atoms with Gasteiger partial charge in [-0.05, 0) is 55.4 Å². The predicted molar refractivity (Wildman–Crippen MR) is 89.7 cm³/mol. The minimum atomic E-state index is 0.607. The van der Waals surface area contributed by atoms with Crippen LogP contribution in [0, 0.1) is 11.8 Å². The Hall–Kier alpha value is -1.18. The van der Waals surface area contributed by atoms with Crippen molar-refractivity contribution in [2.75, 3.05) is 23.3 Å². The van der Waals surface area contributed by atoms with Crippen molar-refractivity contribution in [2.24, 2.45) is 11.8 Å². The molecule has 0 saturated carbocycles. The van der Waals surface area contributed by atoms with Gasteiger partial charge in [0.05, 0.1) is 0 Å². The van der Waals surface area contributed by atoms with Gasteiger partial charge in [-0.25, -0.2) is 0 Å². The van der Waals surface area contributed by atoms with Crippen LogP contribution in [0.5, 0.6) is 0 Å². The van der Waals surface area contributed by atoms with Crippen molar-refractivity contribution in [3.8, 4) is 0 Å². The van der Waals surface area contributed by atoms with Gasteiger partial charge in [-0.2, -0.15) is 0 Å². The van der Waals surface area contributed by atoms with Crippen LogP contribution in [-0.4, -0.2) is 19.1 Å². The van der Waals surface area contributed by atoms with Crippen molar-refractivity contribution in [2.45, 2.75) is 53.5 Å². The average molecular weight is 274 g/mol. The molecule has 1 aromatic carbocycles. The van der Waals surface area contributed by atoms with E-state index >= 15 is 0 Å². The van der Waals surface area contributed by atoms with Gasteiger partial charge in [-0.15, -0.1) is 0 Å². The van der Waals surface area contributed by atoms with E-state index in [0.717, 1.165) is 13.1 Å². The summed E-state index contributed by atoms with van der Waals surface area (Å²) < 4.78 is 0. The first-order chi connectivity index (χ1) is 9.45. The molecule has 2 nitrogen and oxygen atoms in total. The van der Waals surface area contributed by atoms with Crippen molar-refractivity contribution in [3.63, 3.8) is 0 Å². The van der Waals surface area contributed by atoms with Gasteiger partial charge in [0.1, 0.15) is 0 Å². The maximum absolute atomic E-state index is 3.59. The zero-order valence-electron chi connectivity index (χ0n) is 13.7. The number of anilines is 2. The summed E-state index contributed by atoms with van der Waals surface area (Å²) in [5.74, 6) is 1.39. The molecule has 0 amide bonds. The molecular weight excluding hydrogens is 244 g/mol. The van der Waals surface area contributed by atoms with Crippen molar-refractivity contribution >= 4 is 11.4 Å². The summed E-state index contributed by atoms with van der Waals surface area (Å²) in [5.41, 5.74) is 4.21. The van der Waals surface area contributed by atoms with E-state index in [4.69, 9.17) is 0 Å². The van der Waals surface area contributed by atoms with Gasteiger partial charge < -0.3 is 10.2 Å². The highest BCUT2D eigenvalue weighted by Crippen LogP contribution is 2.29. The third-order valence-corrected chi connectivity index (χ3v) is 3.87. The molecule has 1 aromatic rings. The van der Waals surface area contributed by atoms with Crippen LogP contribution < -0.4 is 10.2 Å². The lowest BCUT2D eigenvalue weighted by Gasteiger charge is -2.31. The number of nitrogens with one attached hydrogen (secondary N) is 1. The number of rotatable bonds is 5. The fourth-order valence-corrected chi connectivity index (χ4v) is 3.00. The van der Waals surface area contributed by atoms with Crippen molar-refractivity contribution in [1.29, 1.82) is 0 Å². The fourth-order valence-electron chi connectivity index (χ4n) is 3.00. The Labute approximate surface area is 124 Å². The fraction of sp³-hybridized carbons (Fsp3) is 0.667. The first kappa shape index (κ1) is 15.2. The standard InChI is InChI=1S/C18H30N2/c1-13(2)11-20(12-14(3)4)17-8-9-18-16(10-17)7-6-15(5)19-18/h8-10,13-15,19H,6-7,11-12H2,1-5H3. The first-order valence-electron chi connectivity index (χ1n) is 8.10. The van der Waals surface area contributed by atoms with E-state index in [-0.39, 0.29) is 0 Å². The Morgan fingerprint density at radius 2 is 1.80 bits per heavy atom. The molecule has 20 heavy (non-hydrogen) atoms. The molecule has 1 unspecified atom stereocenters. The smallest absolute Gasteiger partial charge is 0.0376 e. The third kappa shape index (κ3) is 3.91.